The number of amides is 2. The van der Waals surface area contributed by atoms with Crippen LogP contribution in [0.1, 0.15) is 22.3 Å². The van der Waals surface area contributed by atoms with Gasteiger partial charge in [0.2, 0.25) is 5.91 Å². The van der Waals surface area contributed by atoms with Crippen LogP contribution < -0.4 is 10.2 Å². The van der Waals surface area contributed by atoms with Crippen molar-refractivity contribution >= 4 is 51.1 Å². The van der Waals surface area contributed by atoms with Crippen LogP contribution in [0.2, 0.25) is 0 Å². The second-order valence-electron chi connectivity index (χ2n) is 7.06. The summed E-state index contributed by atoms with van der Waals surface area (Å²) in [4.78, 5) is 49.8. The maximum absolute atomic E-state index is 12.4. The number of nitrogens with one attached hydrogen (secondary N) is 1. The van der Waals surface area contributed by atoms with E-state index < -0.39 is 30.4 Å². The Hall–Kier alpha value is -3.20. The molecule has 0 saturated carbocycles. The molecule has 0 aliphatic carbocycles. The maximum atomic E-state index is 12.4. The lowest BCUT2D eigenvalue weighted by atomic mass is 10.1. The fraction of sp³-hybridized carbons (Fsp3) is 0.273. The van der Waals surface area contributed by atoms with E-state index in [0.717, 1.165) is 10.0 Å². The third-order valence-electron chi connectivity index (χ3n) is 4.87. The predicted octanol–water partition coefficient (Wildman–Crippen LogP) is 3.08. The highest BCUT2D eigenvalue weighted by atomic mass is 79.9. The molecule has 2 aromatic rings. The number of esters is 2. The number of benzene rings is 2. The van der Waals surface area contributed by atoms with Gasteiger partial charge in [-0.05, 0) is 55.0 Å². The van der Waals surface area contributed by atoms with Crippen molar-refractivity contribution in [2.75, 3.05) is 30.5 Å². The van der Waals surface area contributed by atoms with Crippen LogP contribution in [0.5, 0.6) is 0 Å². The molecule has 1 aliphatic heterocycles. The van der Waals surface area contributed by atoms with Crippen molar-refractivity contribution in [1.29, 1.82) is 0 Å². The van der Waals surface area contributed by atoms with Gasteiger partial charge < -0.3 is 19.7 Å². The second kappa shape index (κ2) is 9.74. The molecule has 162 valence electrons. The first-order chi connectivity index (χ1) is 14.8. The zero-order chi connectivity index (χ0) is 22.5. The van der Waals surface area contributed by atoms with Gasteiger partial charge in [0, 0.05) is 28.8 Å². The summed E-state index contributed by atoms with van der Waals surface area (Å²) in [7, 11) is 1.29. The molecule has 3 rings (SSSR count). The van der Waals surface area contributed by atoms with E-state index in [1.807, 2.05) is 13.0 Å². The number of hydrogen-bond donors (Lipinski definition) is 1. The highest BCUT2D eigenvalue weighted by Gasteiger charge is 2.36. The van der Waals surface area contributed by atoms with Gasteiger partial charge in [-0.25, -0.2) is 4.79 Å². The Bertz CT molecular complexity index is 1020. The van der Waals surface area contributed by atoms with E-state index in [-0.39, 0.29) is 18.9 Å². The Labute approximate surface area is 187 Å². The van der Waals surface area contributed by atoms with E-state index >= 15 is 0 Å². The van der Waals surface area contributed by atoms with Gasteiger partial charge >= 0.3 is 11.9 Å². The van der Waals surface area contributed by atoms with Crippen molar-refractivity contribution in [3.05, 3.63) is 58.1 Å². The summed E-state index contributed by atoms with van der Waals surface area (Å²) in [6.07, 6.45) is -0.00890. The van der Waals surface area contributed by atoms with Crippen LogP contribution in [-0.4, -0.2) is 44.0 Å². The summed E-state index contributed by atoms with van der Waals surface area (Å²) >= 11 is 3.36. The number of rotatable bonds is 6. The summed E-state index contributed by atoms with van der Waals surface area (Å²) < 4.78 is 10.7. The van der Waals surface area contributed by atoms with Crippen molar-refractivity contribution in [2.24, 2.45) is 5.92 Å². The number of halogens is 1. The molecule has 31 heavy (non-hydrogen) atoms. The summed E-state index contributed by atoms with van der Waals surface area (Å²) in [5, 5.41) is 2.69. The fourth-order valence-electron chi connectivity index (χ4n) is 3.22. The first kappa shape index (κ1) is 22.5. The topological polar surface area (TPSA) is 102 Å². The van der Waals surface area contributed by atoms with Gasteiger partial charge in [-0.2, -0.15) is 0 Å². The van der Waals surface area contributed by atoms with Crippen LogP contribution in [0.3, 0.4) is 0 Å². The Kier molecular flexibility index (Phi) is 7.06. The molecule has 0 aromatic heterocycles. The van der Waals surface area contributed by atoms with E-state index in [2.05, 4.69) is 26.0 Å². The normalized spacial score (nSPS) is 15.5. The average Bonchev–Trinajstić information content (AvgIpc) is 3.15. The minimum absolute atomic E-state index is 0.00890. The van der Waals surface area contributed by atoms with Crippen molar-refractivity contribution in [3.8, 4) is 0 Å². The Morgan fingerprint density at radius 3 is 2.52 bits per heavy atom. The average molecular weight is 489 g/mol. The number of carbonyl (C=O) groups is 4. The molecule has 8 nitrogen and oxygen atoms in total. The van der Waals surface area contributed by atoms with Crippen molar-refractivity contribution in [3.63, 3.8) is 0 Å². The van der Waals surface area contributed by atoms with E-state index in [9.17, 15) is 19.2 Å². The van der Waals surface area contributed by atoms with Gasteiger partial charge in [-0.1, -0.05) is 15.9 Å². The van der Waals surface area contributed by atoms with Gasteiger partial charge in [-0.3, -0.25) is 14.4 Å². The largest absolute Gasteiger partial charge is 0.465 e. The third kappa shape index (κ3) is 5.49. The number of anilines is 2. The molecular formula is C22H21BrN2O6. The van der Waals surface area contributed by atoms with E-state index in [1.165, 1.54) is 12.0 Å². The Balaban J connectivity index is 1.54. The molecule has 9 heteroatoms. The molecule has 0 radical (unpaired) electrons. The Morgan fingerprint density at radius 2 is 1.87 bits per heavy atom. The zero-order valence-corrected chi connectivity index (χ0v) is 18.6. The van der Waals surface area contributed by atoms with Crippen LogP contribution in [0.4, 0.5) is 11.4 Å². The molecule has 2 amide bonds. The molecule has 1 atom stereocenters. The summed E-state index contributed by atoms with van der Waals surface area (Å²) in [6, 6.07) is 11.7. The number of methoxy groups -OCH3 is 1. The van der Waals surface area contributed by atoms with E-state index in [0.29, 0.717) is 16.9 Å². The van der Waals surface area contributed by atoms with Crippen molar-refractivity contribution < 1.29 is 28.7 Å². The smallest absolute Gasteiger partial charge is 0.337 e. The Morgan fingerprint density at radius 1 is 1.16 bits per heavy atom. The standard InChI is InChI=1S/C22H21BrN2O6/c1-13-9-16(23)5-8-18(13)24-19(26)12-31-22(29)15-10-20(27)25(11-15)17-6-3-14(4-7-17)21(28)30-2/h3-9,15H,10-12H2,1-2H3,(H,24,26)/t15-/m0/s1. The zero-order valence-electron chi connectivity index (χ0n) is 17.0. The molecule has 1 aliphatic rings. The molecule has 2 aromatic carbocycles. The van der Waals surface area contributed by atoms with Crippen LogP contribution in [-0.2, 0) is 23.9 Å². The van der Waals surface area contributed by atoms with Crippen LogP contribution >= 0.6 is 15.9 Å². The quantitative estimate of drug-likeness (QED) is 0.626. The molecule has 1 N–H and O–H groups in total. The van der Waals surface area contributed by atoms with Crippen LogP contribution in [0, 0.1) is 12.8 Å². The molecule has 0 unspecified atom stereocenters. The first-order valence-corrected chi connectivity index (χ1v) is 10.3. The van der Waals surface area contributed by atoms with Crippen molar-refractivity contribution in [2.45, 2.75) is 13.3 Å². The highest BCUT2D eigenvalue weighted by Crippen LogP contribution is 2.26. The minimum atomic E-state index is -0.671. The lowest BCUT2D eigenvalue weighted by Gasteiger charge is -2.17. The lowest BCUT2D eigenvalue weighted by molar-refractivity contribution is -0.151. The lowest BCUT2D eigenvalue weighted by Crippen LogP contribution is -2.28. The molecule has 0 bridgehead atoms. The number of nitrogens with zero attached hydrogens (tertiary/aromatic N) is 1. The van der Waals surface area contributed by atoms with Gasteiger partial charge in [0.25, 0.3) is 5.91 Å². The van der Waals surface area contributed by atoms with Crippen LogP contribution in [0.25, 0.3) is 0 Å². The van der Waals surface area contributed by atoms with E-state index in [4.69, 9.17) is 4.74 Å². The SMILES string of the molecule is COC(=O)c1ccc(N2C[C@@H](C(=O)OCC(=O)Nc3ccc(Br)cc3C)CC2=O)cc1. The first-order valence-electron chi connectivity index (χ1n) is 9.50. The third-order valence-corrected chi connectivity index (χ3v) is 5.36. The second-order valence-corrected chi connectivity index (χ2v) is 7.97. The number of ether oxygens (including phenoxy) is 2. The van der Waals surface area contributed by atoms with E-state index in [1.54, 1.807) is 36.4 Å². The molecule has 1 heterocycles. The molecule has 1 saturated heterocycles. The molecular weight excluding hydrogens is 468 g/mol. The molecule has 0 spiro atoms. The number of hydrogen-bond acceptors (Lipinski definition) is 6. The number of carbonyl (C=O) groups excluding carboxylic acids is 4. The molecule has 1 fully saturated rings. The van der Waals surface area contributed by atoms with Gasteiger partial charge in [0.15, 0.2) is 6.61 Å². The summed E-state index contributed by atoms with van der Waals surface area (Å²) in [5.41, 5.74) is 2.42. The van der Waals surface area contributed by atoms with Gasteiger partial charge in [-0.15, -0.1) is 0 Å². The maximum Gasteiger partial charge on any atom is 0.337 e. The summed E-state index contributed by atoms with van der Waals surface area (Å²) in [5.74, 6) is -2.45. The predicted molar refractivity (Wildman–Crippen MR) is 117 cm³/mol. The monoisotopic (exact) mass is 488 g/mol. The van der Waals surface area contributed by atoms with Gasteiger partial charge in [0.1, 0.15) is 0 Å². The van der Waals surface area contributed by atoms with Crippen LogP contribution in [0.15, 0.2) is 46.9 Å². The number of aryl methyl sites for hydroxylation is 1. The van der Waals surface area contributed by atoms with Crippen molar-refractivity contribution in [1.82, 2.24) is 0 Å². The van der Waals surface area contributed by atoms with Gasteiger partial charge in [0.05, 0.1) is 18.6 Å². The summed E-state index contributed by atoms with van der Waals surface area (Å²) in [6.45, 7) is 1.55. The minimum Gasteiger partial charge on any atom is -0.465 e. The fourth-order valence-corrected chi connectivity index (χ4v) is 3.69. The highest BCUT2D eigenvalue weighted by molar-refractivity contribution is 9.10.